The maximum Gasteiger partial charge on any atom is 0.261 e. The topological polar surface area (TPSA) is 140 Å². The summed E-state index contributed by atoms with van der Waals surface area (Å²) in [5, 5.41) is 27.2. The molecule has 1 heterocycles. The van der Waals surface area contributed by atoms with Crippen molar-refractivity contribution in [3.05, 3.63) is 97.4 Å². The lowest BCUT2D eigenvalue weighted by molar-refractivity contribution is 0.601. The van der Waals surface area contributed by atoms with Crippen LogP contribution in [0.2, 0.25) is 0 Å². The highest BCUT2D eigenvalue weighted by atomic mass is 32.2. The maximum absolute atomic E-state index is 13.2. The van der Waals surface area contributed by atoms with Crippen molar-refractivity contribution in [3.63, 3.8) is 0 Å². The standard InChI is InChI=1S/C27H26N8O2S/c1-5-14-34(15-6-2)21-10-13-23(24(17-21)33-38(36,37)22-11-8-20(4)9-12-22)31-32-27-30-25(18-28)26(19-29)35(27)16-7-3/h5-13,17,33H,1-3,14-16H2,4H3. The van der Waals surface area contributed by atoms with Gasteiger partial charge in [0.1, 0.15) is 17.8 Å². The number of rotatable bonds is 12. The number of nitrogens with zero attached hydrogens (tertiary/aromatic N) is 7. The summed E-state index contributed by atoms with van der Waals surface area (Å²) in [4.78, 5) is 6.12. The normalized spacial score (nSPS) is 10.9. The van der Waals surface area contributed by atoms with E-state index in [9.17, 15) is 18.9 Å². The van der Waals surface area contributed by atoms with Gasteiger partial charge in [0.2, 0.25) is 0 Å². The Labute approximate surface area is 222 Å². The van der Waals surface area contributed by atoms with Crippen LogP contribution in [0.15, 0.2) is 95.6 Å². The fraction of sp³-hybridized carbons (Fsp3) is 0.148. The second-order valence-corrected chi connectivity index (χ2v) is 9.72. The molecule has 0 bridgehead atoms. The molecule has 0 fully saturated rings. The van der Waals surface area contributed by atoms with Crippen LogP contribution < -0.4 is 9.62 Å². The molecular formula is C27H26N8O2S. The quantitative estimate of drug-likeness (QED) is 0.244. The smallest absolute Gasteiger partial charge is 0.261 e. The molecule has 1 aromatic heterocycles. The van der Waals surface area contributed by atoms with Gasteiger partial charge in [-0.1, -0.05) is 35.9 Å². The third kappa shape index (κ3) is 6.22. The minimum absolute atomic E-state index is 0.00867. The van der Waals surface area contributed by atoms with Crippen LogP contribution in [0.4, 0.5) is 23.0 Å². The Bertz CT molecular complexity index is 1560. The molecule has 0 aliphatic heterocycles. The van der Waals surface area contributed by atoms with Gasteiger partial charge in [0, 0.05) is 25.3 Å². The molecule has 0 atom stereocenters. The van der Waals surface area contributed by atoms with Crippen molar-refractivity contribution in [1.29, 1.82) is 10.5 Å². The van der Waals surface area contributed by atoms with E-state index in [0.717, 1.165) is 5.56 Å². The van der Waals surface area contributed by atoms with E-state index in [1.807, 2.05) is 24.0 Å². The molecule has 0 unspecified atom stereocenters. The lowest BCUT2D eigenvalue weighted by atomic mass is 10.2. The summed E-state index contributed by atoms with van der Waals surface area (Å²) < 4.78 is 30.4. The van der Waals surface area contributed by atoms with Gasteiger partial charge in [0.25, 0.3) is 16.0 Å². The van der Waals surface area contributed by atoms with Gasteiger partial charge in [-0.05, 0) is 37.3 Å². The number of allylic oxidation sites excluding steroid dienone is 1. The van der Waals surface area contributed by atoms with E-state index in [4.69, 9.17) is 0 Å². The molecule has 0 saturated heterocycles. The van der Waals surface area contributed by atoms with E-state index in [0.29, 0.717) is 18.8 Å². The van der Waals surface area contributed by atoms with Crippen molar-refractivity contribution in [3.8, 4) is 12.1 Å². The fourth-order valence-electron chi connectivity index (χ4n) is 3.52. The summed E-state index contributed by atoms with van der Waals surface area (Å²) in [6.07, 6.45) is 4.99. The van der Waals surface area contributed by atoms with Gasteiger partial charge >= 0.3 is 0 Å². The Kier molecular flexibility index (Phi) is 8.93. The summed E-state index contributed by atoms with van der Waals surface area (Å²) in [6, 6.07) is 15.3. The Balaban J connectivity index is 2.12. The van der Waals surface area contributed by atoms with Crippen LogP contribution in [0.25, 0.3) is 0 Å². The summed E-state index contributed by atoms with van der Waals surface area (Å²) in [6.45, 7) is 14.3. The SMILES string of the molecule is C=CCN(CC=C)c1ccc(N=Nc2nc(C#N)c(C#N)n2CC=C)c(NS(=O)(=O)c2ccc(C)cc2)c1. The number of nitriles is 2. The molecule has 1 N–H and O–H groups in total. The molecule has 3 aromatic rings. The summed E-state index contributed by atoms with van der Waals surface area (Å²) in [5.74, 6) is 0.00867. The number of hydrogen-bond acceptors (Lipinski definition) is 8. The molecular weight excluding hydrogens is 500 g/mol. The third-order valence-electron chi connectivity index (χ3n) is 5.34. The van der Waals surface area contributed by atoms with Crippen LogP contribution in [-0.2, 0) is 16.6 Å². The number of nitrogens with one attached hydrogen (secondary N) is 1. The Morgan fingerprint density at radius 3 is 2.29 bits per heavy atom. The van der Waals surface area contributed by atoms with Crippen LogP contribution >= 0.6 is 0 Å². The Morgan fingerprint density at radius 1 is 1.03 bits per heavy atom. The fourth-order valence-corrected chi connectivity index (χ4v) is 4.58. The van der Waals surface area contributed by atoms with Crippen LogP contribution in [0.5, 0.6) is 0 Å². The van der Waals surface area contributed by atoms with Gasteiger partial charge < -0.3 is 4.90 Å². The summed E-state index contributed by atoms with van der Waals surface area (Å²) >= 11 is 0. The molecule has 0 amide bonds. The number of imidazole rings is 1. The number of azo groups is 1. The highest BCUT2D eigenvalue weighted by molar-refractivity contribution is 7.92. The molecule has 0 aliphatic rings. The van der Waals surface area contributed by atoms with E-state index in [-0.39, 0.29) is 40.2 Å². The monoisotopic (exact) mass is 526 g/mol. The van der Waals surface area contributed by atoms with Crippen LogP contribution in [0, 0.1) is 29.6 Å². The number of aryl methyl sites for hydroxylation is 1. The lowest BCUT2D eigenvalue weighted by Gasteiger charge is -2.23. The minimum atomic E-state index is -3.96. The molecule has 0 spiro atoms. The third-order valence-corrected chi connectivity index (χ3v) is 6.72. The number of anilines is 2. The van der Waals surface area contributed by atoms with Crippen LogP contribution in [0.3, 0.4) is 0 Å². The van der Waals surface area contributed by atoms with E-state index in [1.54, 1.807) is 42.5 Å². The summed E-state index contributed by atoms with van der Waals surface area (Å²) in [5.41, 5.74) is 1.94. The predicted octanol–water partition coefficient (Wildman–Crippen LogP) is 5.52. The molecule has 0 radical (unpaired) electrons. The van der Waals surface area contributed by atoms with Crippen molar-refractivity contribution in [1.82, 2.24) is 9.55 Å². The van der Waals surface area contributed by atoms with E-state index < -0.39 is 10.0 Å². The highest BCUT2D eigenvalue weighted by Crippen LogP contribution is 2.33. The Hall–Kier alpha value is -5.00. The van der Waals surface area contributed by atoms with E-state index in [2.05, 4.69) is 39.7 Å². The lowest BCUT2D eigenvalue weighted by Crippen LogP contribution is -2.23. The molecule has 38 heavy (non-hydrogen) atoms. The first-order valence-corrected chi connectivity index (χ1v) is 12.9. The van der Waals surface area contributed by atoms with Gasteiger partial charge in [0.15, 0.2) is 11.4 Å². The first-order valence-electron chi connectivity index (χ1n) is 11.4. The van der Waals surface area contributed by atoms with E-state index >= 15 is 0 Å². The zero-order valence-electron chi connectivity index (χ0n) is 20.9. The van der Waals surface area contributed by atoms with E-state index in [1.165, 1.54) is 22.8 Å². The van der Waals surface area contributed by atoms with Gasteiger partial charge in [-0.25, -0.2) is 8.42 Å². The number of aromatic nitrogens is 2. The molecule has 0 saturated carbocycles. The molecule has 2 aromatic carbocycles. The predicted molar refractivity (Wildman–Crippen MR) is 147 cm³/mol. The van der Waals surface area contributed by atoms with Crippen LogP contribution in [0.1, 0.15) is 17.0 Å². The van der Waals surface area contributed by atoms with Gasteiger partial charge in [-0.2, -0.15) is 15.5 Å². The average Bonchev–Trinajstić information content (AvgIpc) is 3.24. The van der Waals surface area contributed by atoms with Gasteiger partial charge in [0.05, 0.1) is 10.6 Å². The maximum atomic E-state index is 13.2. The van der Waals surface area contributed by atoms with Gasteiger partial charge in [-0.3, -0.25) is 9.29 Å². The highest BCUT2D eigenvalue weighted by Gasteiger charge is 2.19. The van der Waals surface area contributed by atoms with Crippen molar-refractivity contribution < 1.29 is 8.42 Å². The largest absolute Gasteiger partial charge is 0.364 e. The number of sulfonamides is 1. The molecule has 0 aliphatic carbocycles. The molecule has 11 heteroatoms. The van der Waals surface area contributed by atoms with Crippen molar-refractivity contribution in [2.75, 3.05) is 22.7 Å². The van der Waals surface area contributed by atoms with Crippen LogP contribution in [-0.4, -0.2) is 31.1 Å². The van der Waals surface area contributed by atoms with Crippen molar-refractivity contribution >= 4 is 33.0 Å². The number of hydrogen-bond donors (Lipinski definition) is 1. The first kappa shape index (κ1) is 27.6. The zero-order valence-corrected chi connectivity index (χ0v) is 21.7. The summed E-state index contributed by atoms with van der Waals surface area (Å²) in [7, 11) is -3.96. The number of benzene rings is 2. The first-order chi connectivity index (χ1) is 18.3. The average molecular weight is 527 g/mol. The van der Waals surface area contributed by atoms with Gasteiger partial charge in [-0.15, -0.1) is 30.0 Å². The Morgan fingerprint density at radius 2 is 1.71 bits per heavy atom. The minimum Gasteiger partial charge on any atom is -0.364 e. The van der Waals surface area contributed by atoms with Crippen molar-refractivity contribution in [2.45, 2.75) is 18.4 Å². The molecule has 192 valence electrons. The zero-order chi connectivity index (χ0) is 27.7. The van der Waals surface area contributed by atoms with Crippen molar-refractivity contribution in [2.24, 2.45) is 10.2 Å². The second-order valence-electron chi connectivity index (χ2n) is 8.03. The molecule has 10 nitrogen and oxygen atoms in total. The molecule has 3 rings (SSSR count). The second kappa shape index (κ2) is 12.3.